The number of aryl methyl sites for hydroxylation is 2. The molecule has 2 aromatic rings. The molecular formula is C12H8F3NOS2. The summed E-state index contributed by atoms with van der Waals surface area (Å²) in [4.78, 5) is 17.1. The molecule has 0 aliphatic heterocycles. The van der Waals surface area contributed by atoms with E-state index in [1.54, 1.807) is 0 Å². The number of carbonyl (C=O) groups is 1. The summed E-state index contributed by atoms with van der Waals surface area (Å²) in [6.45, 7) is 0. The topological polar surface area (TPSA) is 30.0 Å². The third kappa shape index (κ3) is 2.32. The third-order valence-corrected chi connectivity index (χ3v) is 5.22. The Balaban J connectivity index is 1.89. The van der Waals surface area contributed by atoms with Gasteiger partial charge in [0.2, 0.25) is 5.78 Å². The maximum atomic E-state index is 12.4. The molecule has 0 saturated heterocycles. The van der Waals surface area contributed by atoms with Crippen LogP contribution < -0.4 is 0 Å². The molecule has 2 heterocycles. The molecule has 0 atom stereocenters. The van der Waals surface area contributed by atoms with E-state index in [1.165, 1.54) is 16.2 Å². The fourth-order valence-electron chi connectivity index (χ4n) is 2.07. The van der Waals surface area contributed by atoms with Gasteiger partial charge in [0.15, 0.2) is 5.01 Å². The fraction of sp³-hybridized carbons (Fsp3) is 0.333. The van der Waals surface area contributed by atoms with Gasteiger partial charge in [0.1, 0.15) is 0 Å². The molecule has 19 heavy (non-hydrogen) atoms. The molecule has 0 radical (unpaired) electrons. The van der Waals surface area contributed by atoms with Crippen molar-refractivity contribution in [2.45, 2.75) is 25.4 Å². The smallest absolute Gasteiger partial charge is 0.287 e. The van der Waals surface area contributed by atoms with Crippen LogP contribution in [0.2, 0.25) is 0 Å². The Kier molecular flexibility index (Phi) is 2.98. The number of fused-ring (bicyclic) bond motifs is 1. The Morgan fingerprint density at radius 2 is 2.00 bits per heavy atom. The second kappa shape index (κ2) is 4.42. The molecule has 0 aromatic carbocycles. The van der Waals surface area contributed by atoms with E-state index in [1.807, 2.05) is 6.07 Å². The van der Waals surface area contributed by atoms with Gasteiger partial charge in [-0.3, -0.25) is 4.79 Å². The summed E-state index contributed by atoms with van der Waals surface area (Å²) in [6.07, 6.45) is -0.463. The van der Waals surface area contributed by atoms with Crippen LogP contribution in [-0.2, 0) is 19.0 Å². The molecule has 0 N–H and O–H groups in total. The van der Waals surface area contributed by atoms with Crippen molar-refractivity contribution in [3.8, 4) is 0 Å². The van der Waals surface area contributed by atoms with Crippen LogP contribution in [0.25, 0.3) is 0 Å². The lowest BCUT2D eigenvalue weighted by Crippen LogP contribution is -2.03. The van der Waals surface area contributed by atoms with Crippen molar-refractivity contribution in [3.05, 3.63) is 37.5 Å². The average Bonchev–Trinajstić information content (AvgIpc) is 3.01. The summed E-state index contributed by atoms with van der Waals surface area (Å²) < 4.78 is 37.3. The van der Waals surface area contributed by atoms with Gasteiger partial charge in [0.25, 0.3) is 0 Å². The summed E-state index contributed by atoms with van der Waals surface area (Å²) in [5.74, 6) is -0.354. The van der Waals surface area contributed by atoms with Crippen LogP contribution in [0.3, 0.4) is 0 Å². The van der Waals surface area contributed by atoms with Gasteiger partial charge in [-0.15, -0.1) is 22.7 Å². The molecule has 1 aliphatic carbocycles. The number of nitrogens with zero attached hydrogens (tertiary/aromatic N) is 1. The van der Waals surface area contributed by atoms with E-state index in [0.717, 1.165) is 31.0 Å². The van der Waals surface area contributed by atoms with Crippen molar-refractivity contribution in [2.75, 3.05) is 0 Å². The number of hydrogen-bond acceptors (Lipinski definition) is 4. The van der Waals surface area contributed by atoms with Gasteiger partial charge < -0.3 is 0 Å². The van der Waals surface area contributed by atoms with E-state index in [2.05, 4.69) is 4.98 Å². The molecular weight excluding hydrogens is 295 g/mol. The second-order valence-electron chi connectivity index (χ2n) is 4.27. The molecule has 0 spiro atoms. The van der Waals surface area contributed by atoms with Crippen LogP contribution in [0.15, 0.2) is 12.3 Å². The van der Waals surface area contributed by atoms with Gasteiger partial charge in [-0.2, -0.15) is 13.2 Å². The van der Waals surface area contributed by atoms with Gasteiger partial charge >= 0.3 is 6.18 Å². The molecule has 0 saturated carbocycles. The highest BCUT2D eigenvalue weighted by Gasteiger charge is 2.35. The largest absolute Gasteiger partial charge is 0.443 e. The number of thiazole rings is 1. The van der Waals surface area contributed by atoms with Crippen LogP contribution in [0, 0.1) is 0 Å². The van der Waals surface area contributed by atoms with E-state index in [0.29, 0.717) is 16.2 Å². The number of alkyl halides is 3. The normalized spacial score (nSPS) is 14.7. The Morgan fingerprint density at radius 3 is 2.63 bits per heavy atom. The third-order valence-electron chi connectivity index (χ3n) is 2.94. The minimum absolute atomic E-state index is 0.0484. The number of thiophene rings is 1. The lowest BCUT2D eigenvalue weighted by Gasteiger charge is -1.98. The van der Waals surface area contributed by atoms with E-state index < -0.39 is 11.2 Å². The summed E-state index contributed by atoms with van der Waals surface area (Å²) >= 11 is 1.79. The average molecular weight is 303 g/mol. The SMILES string of the molecule is O=C(c1cnc(C(F)(F)F)s1)c1cc2c(s1)CCC2. The highest BCUT2D eigenvalue weighted by Crippen LogP contribution is 2.35. The van der Waals surface area contributed by atoms with Crippen LogP contribution in [0.5, 0.6) is 0 Å². The van der Waals surface area contributed by atoms with Crippen molar-refractivity contribution >= 4 is 28.5 Å². The van der Waals surface area contributed by atoms with Crippen LogP contribution in [-0.4, -0.2) is 10.8 Å². The first-order chi connectivity index (χ1) is 8.95. The van der Waals surface area contributed by atoms with E-state index in [-0.39, 0.29) is 10.7 Å². The Hall–Kier alpha value is -1.21. The summed E-state index contributed by atoms with van der Waals surface area (Å²) in [7, 11) is 0. The van der Waals surface area contributed by atoms with Crippen molar-refractivity contribution < 1.29 is 18.0 Å². The minimum atomic E-state index is -4.49. The predicted molar refractivity (Wildman–Crippen MR) is 66.9 cm³/mol. The molecule has 0 bridgehead atoms. The van der Waals surface area contributed by atoms with Crippen LogP contribution >= 0.6 is 22.7 Å². The highest BCUT2D eigenvalue weighted by atomic mass is 32.1. The summed E-state index contributed by atoms with van der Waals surface area (Å²) in [6, 6.07) is 1.81. The lowest BCUT2D eigenvalue weighted by molar-refractivity contribution is -0.137. The van der Waals surface area contributed by atoms with Crippen LogP contribution in [0.1, 0.15) is 36.4 Å². The quantitative estimate of drug-likeness (QED) is 0.787. The Bertz CT molecular complexity index is 620. The lowest BCUT2D eigenvalue weighted by atomic mass is 10.2. The van der Waals surface area contributed by atoms with Gasteiger partial charge in [-0.1, -0.05) is 0 Å². The number of aromatic nitrogens is 1. The first kappa shape index (κ1) is 12.8. The highest BCUT2D eigenvalue weighted by molar-refractivity contribution is 7.17. The van der Waals surface area contributed by atoms with Crippen molar-refractivity contribution in [2.24, 2.45) is 0 Å². The Labute approximate surface area is 114 Å². The van der Waals surface area contributed by atoms with Crippen molar-refractivity contribution in [1.82, 2.24) is 4.98 Å². The molecule has 3 rings (SSSR count). The first-order valence-electron chi connectivity index (χ1n) is 5.64. The van der Waals surface area contributed by atoms with Gasteiger partial charge in [0.05, 0.1) is 9.75 Å². The maximum Gasteiger partial charge on any atom is 0.443 e. The number of halogens is 3. The van der Waals surface area contributed by atoms with Gasteiger partial charge in [-0.05, 0) is 30.9 Å². The van der Waals surface area contributed by atoms with Crippen molar-refractivity contribution in [3.63, 3.8) is 0 Å². The molecule has 7 heteroatoms. The Morgan fingerprint density at radius 1 is 1.21 bits per heavy atom. The zero-order valence-electron chi connectivity index (χ0n) is 9.58. The van der Waals surface area contributed by atoms with E-state index in [4.69, 9.17) is 0 Å². The monoisotopic (exact) mass is 303 g/mol. The summed E-state index contributed by atoms with van der Waals surface area (Å²) in [5.41, 5.74) is 1.16. The number of ketones is 1. The molecule has 100 valence electrons. The zero-order chi connectivity index (χ0) is 13.6. The molecule has 2 nitrogen and oxygen atoms in total. The number of rotatable bonds is 2. The summed E-state index contributed by atoms with van der Waals surface area (Å²) in [5, 5.41) is -0.972. The zero-order valence-corrected chi connectivity index (χ0v) is 11.2. The van der Waals surface area contributed by atoms with Crippen LogP contribution in [0.4, 0.5) is 13.2 Å². The number of carbonyl (C=O) groups excluding carboxylic acids is 1. The van der Waals surface area contributed by atoms with Gasteiger partial charge in [-0.25, -0.2) is 4.98 Å². The van der Waals surface area contributed by atoms with Crippen molar-refractivity contribution in [1.29, 1.82) is 0 Å². The maximum absolute atomic E-state index is 12.4. The standard InChI is InChI=1S/C12H8F3NOS2/c13-12(14,15)11-16-5-9(19-11)10(17)8-4-6-2-1-3-7(6)18-8/h4-5H,1-3H2. The molecule has 0 unspecified atom stereocenters. The first-order valence-corrected chi connectivity index (χ1v) is 7.28. The molecule has 0 fully saturated rings. The molecule has 0 amide bonds. The van der Waals surface area contributed by atoms with E-state index in [9.17, 15) is 18.0 Å². The predicted octanol–water partition coefficient (Wildman–Crippen LogP) is 3.94. The molecule has 2 aromatic heterocycles. The fourth-order valence-corrected chi connectivity index (χ4v) is 4.08. The second-order valence-corrected chi connectivity index (χ2v) is 6.44. The van der Waals surface area contributed by atoms with E-state index >= 15 is 0 Å². The van der Waals surface area contributed by atoms with Gasteiger partial charge in [0, 0.05) is 11.1 Å². The number of hydrogen-bond donors (Lipinski definition) is 0. The molecule has 1 aliphatic rings. The minimum Gasteiger partial charge on any atom is -0.287 e.